The molecule has 0 saturated carbocycles. The molecule has 0 aliphatic rings. The summed E-state index contributed by atoms with van der Waals surface area (Å²) in [5.74, 6) is -0.467. The minimum absolute atomic E-state index is 0.140. The van der Waals surface area contributed by atoms with Gasteiger partial charge in [-0.3, -0.25) is 4.79 Å². The fourth-order valence-electron chi connectivity index (χ4n) is 5.36. The monoisotopic (exact) mass is 583 g/mol. The van der Waals surface area contributed by atoms with Crippen molar-refractivity contribution in [2.45, 2.75) is 60.2 Å². The van der Waals surface area contributed by atoms with Gasteiger partial charge in [0.15, 0.2) is 0 Å². The molecule has 0 aliphatic heterocycles. The summed E-state index contributed by atoms with van der Waals surface area (Å²) in [5.41, 5.74) is 9.41. The zero-order chi connectivity index (χ0) is 31.6. The van der Waals surface area contributed by atoms with Crippen LogP contribution in [-0.2, 0) is 17.8 Å². The number of esters is 1. The van der Waals surface area contributed by atoms with Crippen molar-refractivity contribution in [3.8, 4) is 17.2 Å². The number of fused-ring (bicyclic) bond motifs is 1. The highest BCUT2D eigenvalue weighted by Gasteiger charge is 2.21. The lowest BCUT2D eigenvalue weighted by Crippen LogP contribution is -2.24. The van der Waals surface area contributed by atoms with Crippen LogP contribution in [0.3, 0.4) is 0 Å². The maximum Gasteiger partial charge on any atom is 0.339 e. The Balaban J connectivity index is 1.35. The number of hydrogen-bond donors (Lipinski definition) is 1. The number of aryl methyl sites for hydroxylation is 2. The molecule has 1 amide bonds. The molecule has 0 atom stereocenters. The van der Waals surface area contributed by atoms with Crippen LogP contribution in [0.5, 0.6) is 0 Å². The number of amides is 1. The van der Waals surface area contributed by atoms with Crippen LogP contribution in [0.15, 0.2) is 84.9 Å². The molecule has 44 heavy (non-hydrogen) atoms. The molecule has 1 heterocycles. The van der Waals surface area contributed by atoms with E-state index in [0.717, 1.165) is 50.0 Å². The molecular weight excluding hydrogens is 546 g/mol. The van der Waals surface area contributed by atoms with E-state index < -0.39 is 5.60 Å². The zero-order valence-electron chi connectivity index (χ0n) is 26.1. The Hall–Kier alpha value is -5.15. The summed E-state index contributed by atoms with van der Waals surface area (Å²) in [6.45, 7) is 12.8. The number of hydrogen-bond acceptors (Lipinski definition) is 4. The van der Waals surface area contributed by atoms with Crippen LogP contribution < -0.4 is 5.32 Å². The van der Waals surface area contributed by atoms with Gasteiger partial charge in [0.25, 0.3) is 5.91 Å². The van der Waals surface area contributed by atoms with Gasteiger partial charge in [0.1, 0.15) is 5.60 Å². The van der Waals surface area contributed by atoms with Crippen LogP contribution in [0, 0.1) is 32.1 Å². The molecule has 1 aromatic heterocycles. The summed E-state index contributed by atoms with van der Waals surface area (Å²) in [5, 5.41) is 13.0. The molecule has 0 fully saturated rings. The molecule has 5 aromatic rings. The normalized spacial score (nSPS) is 11.3. The summed E-state index contributed by atoms with van der Waals surface area (Å²) in [6, 6.07) is 29.3. The lowest BCUT2D eigenvalue weighted by Gasteiger charge is -2.21. The molecule has 0 aliphatic carbocycles. The Labute approximate surface area is 258 Å². The minimum atomic E-state index is -0.575. The highest BCUT2D eigenvalue weighted by Crippen LogP contribution is 2.30. The molecule has 222 valence electrons. The Morgan fingerprint density at radius 2 is 1.55 bits per heavy atom. The van der Waals surface area contributed by atoms with E-state index in [9.17, 15) is 9.59 Å². The zero-order valence-corrected chi connectivity index (χ0v) is 26.1. The first-order valence-corrected chi connectivity index (χ1v) is 14.7. The average molecular weight is 584 g/mol. The van der Waals surface area contributed by atoms with Crippen LogP contribution in [-0.4, -0.2) is 22.0 Å². The van der Waals surface area contributed by atoms with Gasteiger partial charge in [0.05, 0.1) is 17.2 Å². The highest BCUT2D eigenvalue weighted by atomic mass is 16.6. The van der Waals surface area contributed by atoms with Gasteiger partial charge >= 0.3 is 5.97 Å². The number of ether oxygens (including phenoxy) is 1. The van der Waals surface area contributed by atoms with E-state index >= 15 is 0 Å². The smallest absolute Gasteiger partial charge is 0.339 e. The highest BCUT2D eigenvalue weighted by molar-refractivity contribution is 5.99. The Bertz CT molecular complexity index is 1900. The summed E-state index contributed by atoms with van der Waals surface area (Å²) < 4.78 is 7.96. The van der Waals surface area contributed by atoms with E-state index in [2.05, 4.69) is 54.1 Å². The van der Waals surface area contributed by atoms with Crippen molar-refractivity contribution in [1.29, 1.82) is 5.26 Å². The third kappa shape index (κ3) is 6.58. The number of carbonyl (C=O) groups excluding carboxylic acids is 2. The van der Waals surface area contributed by atoms with Crippen molar-refractivity contribution < 1.29 is 14.3 Å². The third-order valence-electron chi connectivity index (χ3n) is 7.84. The molecule has 5 rings (SSSR count). The van der Waals surface area contributed by atoms with Crippen LogP contribution in [0.25, 0.3) is 22.0 Å². The van der Waals surface area contributed by atoms with Gasteiger partial charge in [-0.15, -0.1) is 0 Å². The Kier molecular flexibility index (Phi) is 8.42. The molecule has 0 radical (unpaired) electrons. The second-order valence-electron chi connectivity index (χ2n) is 12.3. The third-order valence-corrected chi connectivity index (χ3v) is 7.84. The van der Waals surface area contributed by atoms with Crippen molar-refractivity contribution in [3.05, 3.63) is 130 Å². The summed E-state index contributed by atoms with van der Waals surface area (Å²) in [6.07, 6.45) is 0. The summed E-state index contributed by atoms with van der Waals surface area (Å²) >= 11 is 0. The minimum Gasteiger partial charge on any atom is -0.456 e. The molecule has 1 N–H and O–H groups in total. The van der Waals surface area contributed by atoms with Gasteiger partial charge in [-0.1, -0.05) is 54.1 Å². The SMILES string of the molecule is Cc1ccc(-c2ccc(Cn3c(C)c(C)c4cc(C(=O)NCc5ccc(C#N)cc5)ccc43)cc2)c(C(=O)OC(C)(C)C)c1. The van der Waals surface area contributed by atoms with Crippen molar-refractivity contribution in [1.82, 2.24) is 9.88 Å². The van der Waals surface area contributed by atoms with E-state index in [1.54, 1.807) is 12.1 Å². The van der Waals surface area contributed by atoms with Gasteiger partial charge in [0.2, 0.25) is 0 Å². The number of nitrogens with one attached hydrogen (secondary N) is 1. The topological polar surface area (TPSA) is 84.1 Å². The summed E-state index contributed by atoms with van der Waals surface area (Å²) in [7, 11) is 0. The number of rotatable bonds is 7. The standard InChI is InChI=1S/C38H37N3O3/c1-24-7-17-32(34(19-24)37(43)44-38(4,5)6)30-14-12-29(13-15-30)23-41-26(3)25(2)33-20-31(16-18-35(33)41)36(42)40-22-28-10-8-27(21-39)9-11-28/h7-20H,22-23H2,1-6H3,(H,40,42). The molecule has 0 unspecified atom stereocenters. The van der Waals surface area contributed by atoms with E-state index in [1.165, 1.54) is 0 Å². The number of nitrogens with zero attached hydrogens (tertiary/aromatic N) is 2. The largest absolute Gasteiger partial charge is 0.456 e. The van der Waals surface area contributed by atoms with E-state index in [0.29, 0.717) is 29.8 Å². The van der Waals surface area contributed by atoms with Crippen LogP contribution in [0.4, 0.5) is 0 Å². The van der Waals surface area contributed by atoms with Gasteiger partial charge < -0.3 is 14.6 Å². The van der Waals surface area contributed by atoms with Gasteiger partial charge in [-0.05, 0) is 106 Å². The van der Waals surface area contributed by atoms with Crippen LogP contribution in [0.2, 0.25) is 0 Å². The van der Waals surface area contributed by atoms with Crippen molar-refractivity contribution in [2.24, 2.45) is 0 Å². The quantitative estimate of drug-likeness (QED) is 0.197. The van der Waals surface area contributed by atoms with E-state index in [1.807, 2.05) is 76.2 Å². The molecule has 4 aromatic carbocycles. The van der Waals surface area contributed by atoms with E-state index in [-0.39, 0.29) is 11.9 Å². The number of aromatic nitrogens is 1. The van der Waals surface area contributed by atoms with Crippen molar-refractivity contribution in [3.63, 3.8) is 0 Å². The van der Waals surface area contributed by atoms with Crippen molar-refractivity contribution >= 4 is 22.8 Å². The predicted molar refractivity (Wildman–Crippen MR) is 175 cm³/mol. The number of carbonyl (C=O) groups is 2. The van der Waals surface area contributed by atoms with Crippen molar-refractivity contribution in [2.75, 3.05) is 0 Å². The Morgan fingerprint density at radius 1 is 0.864 bits per heavy atom. The predicted octanol–water partition coefficient (Wildman–Crippen LogP) is 8.04. The van der Waals surface area contributed by atoms with Gasteiger partial charge in [-0.2, -0.15) is 5.26 Å². The molecular formula is C38H37N3O3. The van der Waals surface area contributed by atoms with Gasteiger partial charge in [-0.25, -0.2) is 4.79 Å². The molecule has 6 nitrogen and oxygen atoms in total. The first-order valence-electron chi connectivity index (χ1n) is 14.7. The summed E-state index contributed by atoms with van der Waals surface area (Å²) in [4.78, 5) is 26.0. The number of nitriles is 1. The molecule has 0 spiro atoms. The van der Waals surface area contributed by atoms with Crippen LogP contribution >= 0.6 is 0 Å². The molecule has 6 heteroatoms. The number of benzene rings is 4. The molecule has 0 bridgehead atoms. The van der Waals surface area contributed by atoms with E-state index in [4.69, 9.17) is 10.00 Å². The first-order chi connectivity index (χ1) is 20.9. The molecule has 0 saturated heterocycles. The fourth-order valence-corrected chi connectivity index (χ4v) is 5.36. The maximum absolute atomic E-state index is 13.0. The average Bonchev–Trinajstić information content (AvgIpc) is 3.23. The lowest BCUT2D eigenvalue weighted by molar-refractivity contribution is 0.00702. The second-order valence-corrected chi connectivity index (χ2v) is 12.3. The van der Waals surface area contributed by atoms with Gasteiger partial charge in [0, 0.05) is 35.2 Å². The Morgan fingerprint density at radius 3 is 2.20 bits per heavy atom. The first kappa shape index (κ1) is 30.3. The van der Waals surface area contributed by atoms with Crippen LogP contribution in [0.1, 0.15) is 75.0 Å². The fraction of sp³-hybridized carbons (Fsp3) is 0.237. The maximum atomic E-state index is 13.0. The lowest BCUT2D eigenvalue weighted by atomic mass is 9.96. The second kappa shape index (κ2) is 12.2.